The van der Waals surface area contributed by atoms with Crippen LogP contribution in [0.15, 0.2) is 42.5 Å². The Morgan fingerprint density at radius 1 is 1.06 bits per heavy atom. The minimum absolute atomic E-state index is 0.151. The molecule has 0 radical (unpaired) electrons. The fraction of sp³-hybridized carbons (Fsp3) is 0.200. The smallest absolute Gasteiger partial charge is 0.0500 e. The summed E-state index contributed by atoms with van der Waals surface area (Å²) in [6.07, 6.45) is 0. The molecule has 0 spiro atoms. The van der Waals surface area contributed by atoms with Crippen molar-refractivity contribution < 1.29 is 0 Å². The Morgan fingerprint density at radius 2 is 1.78 bits per heavy atom. The molecule has 0 aliphatic heterocycles. The Bertz CT molecular complexity index is 552. The first-order valence-corrected chi connectivity index (χ1v) is 6.60. The quantitative estimate of drug-likeness (QED) is 0.785. The van der Waals surface area contributed by atoms with E-state index in [1.54, 1.807) is 0 Å². The van der Waals surface area contributed by atoms with Crippen LogP contribution in [0, 0.1) is 6.92 Å². The number of aryl methyl sites for hydroxylation is 1. The predicted octanol–water partition coefficient (Wildman–Crippen LogP) is 5.47. The molecular formula is C15H15Cl2N. The van der Waals surface area contributed by atoms with Gasteiger partial charge in [0, 0.05) is 21.8 Å². The molecule has 1 N–H and O–H groups in total. The van der Waals surface area contributed by atoms with E-state index < -0.39 is 0 Å². The van der Waals surface area contributed by atoms with Crippen LogP contribution in [0.5, 0.6) is 0 Å². The zero-order valence-corrected chi connectivity index (χ0v) is 11.9. The second kappa shape index (κ2) is 5.64. The highest BCUT2D eigenvalue weighted by atomic mass is 35.5. The first-order chi connectivity index (χ1) is 8.58. The van der Waals surface area contributed by atoms with Gasteiger partial charge in [0.15, 0.2) is 0 Å². The van der Waals surface area contributed by atoms with Crippen LogP contribution >= 0.6 is 23.2 Å². The summed E-state index contributed by atoms with van der Waals surface area (Å²) in [6, 6.07) is 13.8. The summed E-state index contributed by atoms with van der Waals surface area (Å²) in [6.45, 7) is 4.13. The normalized spacial score (nSPS) is 12.2. The number of hydrogen-bond acceptors (Lipinski definition) is 1. The van der Waals surface area contributed by atoms with E-state index in [-0.39, 0.29) is 6.04 Å². The lowest BCUT2D eigenvalue weighted by Gasteiger charge is -2.18. The SMILES string of the molecule is Cc1cc(Cl)ccc1NC(C)c1ccccc1Cl. The van der Waals surface area contributed by atoms with Crippen LogP contribution in [-0.2, 0) is 0 Å². The van der Waals surface area contributed by atoms with Crippen molar-refractivity contribution in [1.82, 2.24) is 0 Å². The molecule has 0 aromatic heterocycles. The molecule has 2 aromatic rings. The highest BCUT2D eigenvalue weighted by Gasteiger charge is 2.09. The third-order valence-corrected chi connectivity index (χ3v) is 3.51. The zero-order chi connectivity index (χ0) is 13.1. The van der Waals surface area contributed by atoms with Crippen LogP contribution in [0.25, 0.3) is 0 Å². The van der Waals surface area contributed by atoms with Gasteiger partial charge in [-0.05, 0) is 49.2 Å². The summed E-state index contributed by atoms with van der Waals surface area (Å²) >= 11 is 12.1. The maximum Gasteiger partial charge on any atom is 0.0500 e. The molecule has 0 aliphatic rings. The molecule has 1 atom stereocenters. The molecule has 1 unspecified atom stereocenters. The molecule has 0 saturated carbocycles. The van der Waals surface area contributed by atoms with E-state index in [1.165, 1.54) is 0 Å². The summed E-state index contributed by atoms with van der Waals surface area (Å²) in [5, 5.41) is 4.99. The number of benzene rings is 2. The number of nitrogens with one attached hydrogen (secondary N) is 1. The molecule has 3 heteroatoms. The summed E-state index contributed by atoms with van der Waals surface area (Å²) in [7, 11) is 0. The van der Waals surface area contributed by atoms with E-state index in [1.807, 2.05) is 49.4 Å². The van der Waals surface area contributed by atoms with E-state index in [4.69, 9.17) is 23.2 Å². The number of rotatable bonds is 3. The molecule has 2 aromatic carbocycles. The van der Waals surface area contributed by atoms with Crippen molar-refractivity contribution in [3.8, 4) is 0 Å². The van der Waals surface area contributed by atoms with E-state index in [0.717, 1.165) is 26.9 Å². The summed E-state index contributed by atoms with van der Waals surface area (Å²) in [5.74, 6) is 0. The lowest BCUT2D eigenvalue weighted by molar-refractivity contribution is 0.883. The largest absolute Gasteiger partial charge is 0.378 e. The molecule has 0 saturated heterocycles. The molecule has 18 heavy (non-hydrogen) atoms. The highest BCUT2D eigenvalue weighted by molar-refractivity contribution is 6.31. The van der Waals surface area contributed by atoms with Gasteiger partial charge in [0.2, 0.25) is 0 Å². The molecular weight excluding hydrogens is 265 g/mol. The van der Waals surface area contributed by atoms with Crippen LogP contribution in [0.1, 0.15) is 24.1 Å². The Kier molecular flexibility index (Phi) is 4.15. The van der Waals surface area contributed by atoms with Gasteiger partial charge in [0.25, 0.3) is 0 Å². The van der Waals surface area contributed by atoms with Gasteiger partial charge in [-0.2, -0.15) is 0 Å². The van der Waals surface area contributed by atoms with Gasteiger partial charge in [0.1, 0.15) is 0 Å². The molecule has 94 valence electrons. The highest BCUT2D eigenvalue weighted by Crippen LogP contribution is 2.28. The number of hydrogen-bond donors (Lipinski definition) is 1. The Hall–Kier alpha value is -1.18. The van der Waals surface area contributed by atoms with Gasteiger partial charge in [-0.3, -0.25) is 0 Å². The third kappa shape index (κ3) is 2.98. The van der Waals surface area contributed by atoms with E-state index >= 15 is 0 Å². The summed E-state index contributed by atoms with van der Waals surface area (Å²) in [5.41, 5.74) is 3.29. The van der Waals surface area contributed by atoms with Crippen molar-refractivity contribution in [2.24, 2.45) is 0 Å². The lowest BCUT2D eigenvalue weighted by Crippen LogP contribution is -2.08. The van der Waals surface area contributed by atoms with Crippen LogP contribution in [0.2, 0.25) is 10.0 Å². The Balaban J connectivity index is 2.21. The standard InChI is InChI=1S/C15H15Cl2N/c1-10-9-12(16)7-8-15(10)18-11(2)13-5-3-4-6-14(13)17/h3-9,11,18H,1-2H3. The van der Waals surface area contributed by atoms with Crippen LogP contribution < -0.4 is 5.32 Å². The minimum Gasteiger partial charge on any atom is -0.378 e. The van der Waals surface area contributed by atoms with Gasteiger partial charge in [0.05, 0.1) is 0 Å². The average molecular weight is 280 g/mol. The second-order valence-corrected chi connectivity index (χ2v) is 5.19. The van der Waals surface area contributed by atoms with Crippen molar-refractivity contribution in [3.63, 3.8) is 0 Å². The average Bonchev–Trinajstić information content (AvgIpc) is 2.33. The molecule has 0 amide bonds. The van der Waals surface area contributed by atoms with Gasteiger partial charge in [-0.1, -0.05) is 41.4 Å². The van der Waals surface area contributed by atoms with E-state index in [2.05, 4.69) is 12.2 Å². The van der Waals surface area contributed by atoms with Crippen molar-refractivity contribution in [2.45, 2.75) is 19.9 Å². The monoisotopic (exact) mass is 279 g/mol. The van der Waals surface area contributed by atoms with Crippen molar-refractivity contribution in [1.29, 1.82) is 0 Å². The predicted molar refractivity (Wildman–Crippen MR) is 79.7 cm³/mol. The number of halogens is 2. The molecule has 0 aliphatic carbocycles. The van der Waals surface area contributed by atoms with Gasteiger partial charge in [-0.25, -0.2) is 0 Å². The van der Waals surface area contributed by atoms with E-state index in [0.29, 0.717) is 0 Å². The maximum atomic E-state index is 6.19. The van der Waals surface area contributed by atoms with Gasteiger partial charge < -0.3 is 5.32 Å². The van der Waals surface area contributed by atoms with Gasteiger partial charge >= 0.3 is 0 Å². The molecule has 0 heterocycles. The van der Waals surface area contributed by atoms with Crippen molar-refractivity contribution in [3.05, 3.63) is 63.6 Å². The summed E-state index contributed by atoms with van der Waals surface area (Å²) < 4.78 is 0. The van der Waals surface area contributed by atoms with Crippen LogP contribution in [0.4, 0.5) is 5.69 Å². The molecule has 2 rings (SSSR count). The van der Waals surface area contributed by atoms with Crippen LogP contribution in [0.3, 0.4) is 0 Å². The number of anilines is 1. The van der Waals surface area contributed by atoms with Crippen LogP contribution in [-0.4, -0.2) is 0 Å². The van der Waals surface area contributed by atoms with E-state index in [9.17, 15) is 0 Å². The molecule has 0 bridgehead atoms. The second-order valence-electron chi connectivity index (χ2n) is 4.35. The topological polar surface area (TPSA) is 12.0 Å². The maximum absolute atomic E-state index is 6.19. The lowest BCUT2D eigenvalue weighted by atomic mass is 10.1. The first-order valence-electron chi connectivity index (χ1n) is 5.85. The molecule has 0 fully saturated rings. The Morgan fingerprint density at radius 3 is 2.44 bits per heavy atom. The summed E-state index contributed by atoms with van der Waals surface area (Å²) in [4.78, 5) is 0. The fourth-order valence-electron chi connectivity index (χ4n) is 1.93. The van der Waals surface area contributed by atoms with Crippen molar-refractivity contribution >= 4 is 28.9 Å². The molecule has 1 nitrogen and oxygen atoms in total. The zero-order valence-electron chi connectivity index (χ0n) is 10.4. The Labute approximate surface area is 118 Å². The minimum atomic E-state index is 0.151. The van der Waals surface area contributed by atoms with Crippen molar-refractivity contribution in [2.75, 3.05) is 5.32 Å². The third-order valence-electron chi connectivity index (χ3n) is 2.93. The fourth-order valence-corrected chi connectivity index (χ4v) is 2.45. The first kappa shape index (κ1) is 13.3. The van der Waals surface area contributed by atoms with Gasteiger partial charge in [-0.15, -0.1) is 0 Å².